The Morgan fingerprint density at radius 3 is 2.62 bits per heavy atom. The minimum absolute atomic E-state index is 0.626. The highest BCUT2D eigenvalue weighted by molar-refractivity contribution is 6.30. The van der Waals surface area contributed by atoms with E-state index in [9.17, 15) is 0 Å². The molecule has 1 aliphatic heterocycles. The van der Waals surface area contributed by atoms with Crippen LogP contribution in [0.1, 0.15) is 38.2 Å². The number of rotatable bonds is 6. The average molecular weight is 307 g/mol. The van der Waals surface area contributed by atoms with E-state index in [-0.39, 0.29) is 0 Å². The largest absolute Gasteiger partial charge is 0.316 e. The van der Waals surface area contributed by atoms with Crippen LogP contribution in [0.15, 0.2) is 24.3 Å². The minimum atomic E-state index is 0.626. The summed E-state index contributed by atoms with van der Waals surface area (Å²) in [7, 11) is 0. The quantitative estimate of drug-likeness (QED) is 0.861. The Morgan fingerprint density at radius 1 is 1.24 bits per heavy atom. The number of piperidine rings is 1. The van der Waals surface area contributed by atoms with Gasteiger partial charge in [0.1, 0.15) is 0 Å². The van der Waals surface area contributed by atoms with Gasteiger partial charge in [0.05, 0.1) is 0 Å². The fourth-order valence-corrected chi connectivity index (χ4v) is 3.68. The highest BCUT2D eigenvalue weighted by atomic mass is 35.5. The second-order valence-corrected chi connectivity index (χ2v) is 7.26. The van der Waals surface area contributed by atoms with Crippen molar-refractivity contribution in [2.45, 2.75) is 51.1 Å². The van der Waals surface area contributed by atoms with Crippen molar-refractivity contribution in [2.75, 3.05) is 19.6 Å². The third-order valence-corrected chi connectivity index (χ3v) is 5.15. The molecule has 0 bridgehead atoms. The van der Waals surface area contributed by atoms with E-state index in [0.717, 1.165) is 23.4 Å². The third kappa shape index (κ3) is 4.45. The first-order chi connectivity index (χ1) is 10.2. The molecule has 2 unspecified atom stereocenters. The smallest absolute Gasteiger partial charge is 0.0406 e. The molecule has 2 fully saturated rings. The summed E-state index contributed by atoms with van der Waals surface area (Å²) in [5, 5.41) is 4.39. The molecule has 1 aromatic carbocycles. The molecular formula is C18H27ClN2. The predicted molar refractivity (Wildman–Crippen MR) is 89.9 cm³/mol. The Bertz CT molecular complexity index is 435. The number of hydrogen-bond donors (Lipinski definition) is 1. The third-order valence-electron chi connectivity index (χ3n) is 4.89. The molecule has 2 atom stereocenters. The molecule has 2 aliphatic rings. The average Bonchev–Trinajstić information content (AvgIpc) is 3.33. The van der Waals surface area contributed by atoms with Gasteiger partial charge < -0.3 is 5.32 Å². The van der Waals surface area contributed by atoms with Crippen LogP contribution in [0.5, 0.6) is 0 Å². The Kier molecular flexibility index (Phi) is 5.20. The zero-order chi connectivity index (χ0) is 14.7. The van der Waals surface area contributed by atoms with Gasteiger partial charge in [-0.25, -0.2) is 0 Å². The van der Waals surface area contributed by atoms with Crippen LogP contribution < -0.4 is 5.32 Å². The van der Waals surface area contributed by atoms with Crippen LogP contribution in [0.2, 0.25) is 5.02 Å². The van der Waals surface area contributed by atoms with Gasteiger partial charge in [-0.1, -0.05) is 23.7 Å². The summed E-state index contributed by atoms with van der Waals surface area (Å²) < 4.78 is 0. The van der Waals surface area contributed by atoms with Gasteiger partial charge in [-0.15, -0.1) is 0 Å². The van der Waals surface area contributed by atoms with Gasteiger partial charge in [0.2, 0.25) is 0 Å². The van der Waals surface area contributed by atoms with E-state index in [1.165, 1.54) is 50.9 Å². The highest BCUT2D eigenvalue weighted by Crippen LogP contribution is 2.31. The van der Waals surface area contributed by atoms with Crippen molar-refractivity contribution in [3.63, 3.8) is 0 Å². The lowest BCUT2D eigenvalue weighted by molar-refractivity contribution is 0.153. The molecule has 0 spiro atoms. The lowest BCUT2D eigenvalue weighted by atomic mass is 9.97. The maximum absolute atomic E-state index is 5.98. The fourth-order valence-electron chi connectivity index (χ4n) is 3.55. The van der Waals surface area contributed by atoms with Gasteiger partial charge in [-0.3, -0.25) is 4.90 Å². The number of nitrogens with zero attached hydrogens (tertiary/aromatic N) is 1. The van der Waals surface area contributed by atoms with Gasteiger partial charge in [0.25, 0.3) is 0 Å². The van der Waals surface area contributed by atoms with Crippen LogP contribution in [-0.2, 0) is 6.42 Å². The van der Waals surface area contributed by atoms with Crippen molar-refractivity contribution in [1.29, 1.82) is 0 Å². The van der Waals surface area contributed by atoms with E-state index in [4.69, 9.17) is 11.6 Å². The molecule has 1 saturated heterocycles. The van der Waals surface area contributed by atoms with Crippen LogP contribution in [0.3, 0.4) is 0 Å². The lowest BCUT2D eigenvalue weighted by Gasteiger charge is -2.34. The molecule has 1 N–H and O–H groups in total. The number of benzene rings is 1. The van der Waals surface area contributed by atoms with Crippen molar-refractivity contribution in [1.82, 2.24) is 10.2 Å². The second kappa shape index (κ2) is 7.13. The summed E-state index contributed by atoms with van der Waals surface area (Å²) in [4.78, 5) is 2.77. The van der Waals surface area contributed by atoms with E-state index in [1.807, 2.05) is 12.1 Å². The molecule has 116 valence electrons. The first-order valence-electron chi connectivity index (χ1n) is 8.43. The van der Waals surface area contributed by atoms with E-state index in [1.54, 1.807) is 0 Å². The van der Waals surface area contributed by atoms with Crippen LogP contribution in [0, 0.1) is 5.92 Å². The highest BCUT2D eigenvalue weighted by Gasteiger charge is 2.33. The summed E-state index contributed by atoms with van der Waals surface area (Å²) in [6.07, 6.45) is 6.66. The molecule has 1 heterocycles. The molecule has 1 aromatic rings. The minimum Gasteiger partial charge on any atom is -0.316 e. The number of hydrogen-bond acceptors (Lipinski definition) is 2. The van der Waals surface area contributed by atoms with Gasteiger partial charge >= 0.3 is 0 Å². The molecule has 0 amide bonds. The van der Waals surface area contributed by atoms with Crippen molar-refractivity contribution in [2.24, 2.45) is 5.92 Å². The zero-order valence-electron chi connectivity index (χ0n) is 13.0. The monoisotopic (exact) mass is 306 g/mol. The summed E-state index contributed by atoms with van der Waals surface area (Å²) in [6, 6.07) is 9.83. The van der Waals surface area contributed by atoms with Crippen LogP contribution in [0.4, 0.5) is 0 Å². The van der Waals surface area contributed by atoms with E-state index >= 15 is 0 Å². The maximum atomic E-state index is 5.98. The Balaban J connectivity index is 1.58. The second-order valence-electron chi connectivity index (χ2n) is 6.82. The summed E-state index contributed by atoms with van der Waals surface area (Å²) in [6.45, 7) is 6.08. The lowest BCUT2D eigenvalue weighted by Crippen LogP contribution is -2.43. The molecule has 3 heteroatoms. The maximum Gasteiger partial charge on any atom is 0.0406 e. The molecule has 3 rings (SSSR count). The summed E-state index contributed by atoms with van der Waals surface area (Å²) in [5.41, 5.74) is 1.40. The molecule has 0 radical (unpaired) electrons. The number of halogens is 1. The normalized spacial score (nSPS) is 24.2. The van der Waals surface area contributed by atoms with E-state index < -0.39 is 0 Å². The van der Waals surface area contributed by atoms with Gasteiger partial charge in [-0.2, -0.15) is 0 Å². The zero-order valence-corrected chi connectivity index (χ0v) is 13.8. The fraction of sp³-hybridized carbons (Fsp3) is 0.667. The first-order valence-corrected chi connectivity index (χ1v) is 8.81. The molecule has 2 nitrogen and oxygen atoms in total. The van der Waals surface area contributed by atoms with Crippen molar-refractivity contribution >= 4 is 11.6 Å². The predicted octanol–water partition coefficient (Wildman–Crippen LogP) is 3.74. The Morgan fingerprint density at radius 2 is 2.00 bits per heavy atom. The Hall–Kier alpha value is -0.570. The summed E-state index contributed by atoms with van der Waals surface area (Å²) >= 11 is 5.98. The molecule has 1 aliphatic carbocycles. The van der Waals surface area contributed by atoms with Crippen LogP contribution in [0.25, 0.3) is 0 Å². The molecule has 21 heavy (non-hydrogen) atoms. The van der Waals surface area contributed by atoms with Crippen molar-refractivity contribution in [3.05, 3.63) is 34.9 Å². The van der Waals surface area contributed by atoms with Crippen LogP contribution >= 0.6 is 11.6 Å². The van der Waals surface area contributed by atoms with Gasteiger partial charge in [-0.05, 0) is 75.7 Å². The molecule has 0 aromatic heterocycles. The standard InChI is InChI=1S/C18H27ClN2/c1-14(11-15-4-6-17(19)7-5-15)21(18-8-9-18)13-16-3-2-10-20-12-16/h4-7,14,16,18,20H,2-3,8-13H2,1H3. The Labute approximate surface area is 133 Å². The topological polar surface area (TPSA) is 15.3 Å². The molecule has 1 saturated carbocycles. The van der Waals surface area contributed by atoms with Gasteiger partial charge in [0, 0.05) is 23.7 Å². The number of nitrogens with one attached hydrogen (secondary N) is 1. The van der Waals surface area contributed by atoms with Crippen molar-refractivity contribution < 1.29 is 0 Å². The summed E-state index contributed by atoms with van der Waals surface area (Å²) in [5.74, 6) is 0.840. The van der Waals surface area contributed by atoms with Gasteiger partial charge in [0.15, 0.2) is 0 Å². The molecular weight excluding hydrogens is 280 g/mol. The van der Waals surface area contributed by atoms with E-state index in [0.29, 0.717) is 6.04 Å². The first kappa shape index (κ1) is 15.3. The van der Waals surface area contributed by atoms with E-state index in [2.05, 4.69) is 29.3 Å². The van der Waals surface area contributed by atoms with Crippen LogP contribution in [-0.4, -0.2) is 36.6 Å². The van der Waals surface area contributed by atoms with Crippen molar-refractivity contribution in [3.8, 4) is 0 Å². The SMILES string of the molecule is CC(Cc1ccc(Cl)cc1)N(CC1CCCNC1)C1CC1.